The Hall–Kier alpha value is -0.340. The second-order valence-corrected chi connectivity index (χ2v) is 7.58. The summed E-state index contributed by atoms with van der Waals surface area (Å²) in [6.07, 6.45) is 15.1. The molecule has 22 heavy (non-hydrogen) atoms. The van der Waals surface area contributed by atoms with Gasteiger partial charge in [-0.3, -0.25) is 4.79 Å². The van der Waals surface area contributed by atoms with Gasteiger partial charge in [-0.1, -0.05) is 51.5 Å². The molecule has 126 valence electrons. The lowest BCUT2D eigenvalue weighted by atomic mass is 9.64. The third kappa shape index (κ3) is 3.76. The summed E-state index contributed by atoms with van der Waals surface area (Å²) in [7, 11) is 0. The van der Waals surface area contributed by atoms with Crippen LogP contribution in [-0.4, -0.2) is 21.8 Å². The van der Waals surface area contributed by atoms with Crippen molar-refractivity contribution in [2.75, 3.05) is 0 Å². The quantitative estimate of drug-likeness (QED) is 0.326. The zero-order chi connectivity index (χ0) is 16.0. The molecule has 0 radical (unpaired) electrons. The topological polar surface area (TPSA) is 20.3 Å². The van der Waals surface area contributed by atoms with Gasteiger partial charge >= 0.3 is 0 Å². The van der Waals surface area contributed by atoms with Crippen LogP contribution >= 0.6 is 11.8 Å². The number of rotatable bonds is 8. The van der Waals surface area contributed by atoms with Gasteiger partial charge in [-0.05, 0) is 43.9 Å². The van der Waals surface area contributed by atoms with E-state index in [-0.39, 0.29) is 17.5 Å². The normalized spacial score (nSPS) is 32.7. The number of halogens is 1. The highest BCUT2D eigenvalue weighted by atomic mass is 35.5. The van der Waals surface area contributed by atoms with Crippen molar-refractivity contribution in [3.8, 4) is 0 Å². The molecule has 2 fully saturated rings. The molecule has 3 heteroatoms. The van der Waals surface area contributed by atoms with Gasteiger partial charge < -0.3 is 0 Å². The molecule has 0 N–H and O–H groups in total. The smallest absolute Gasteiger partial charge is 0.139 e. The molecular weight excluding hydrogens is 294 g/mol. The zero-order valence-electron chi connectivity index (χ0n) is 14.2. The number of hydrogen-bond donors (Lipinski definition) is 0. The Balaban J connectivity index is 2.09. The Kier molecular flexibility index (Phi) is 6.95. The highest BCUT2D eigenvalue weighted by Crippen LogP contribution is 2.49. The van der Waals surface area contributed by atoms with Crippen LogP contribution in [0.5, 0.6) is 0 Å². The molecule has 2 rings (SSSR count). The molecule has 0 aromatic heterocycles. The van der Waals surface area contributed by atoms with Crippen LogP contribution in [0.25, 0.3) is 0 Å². The van der Waals surface area contributed by atoms with Crippen molar-refractivity contribution < 1.29 is 4.79 Å². The monoisotopic (exact) mass is 325 g/mol. The first-order valence-electron chi connectivity index (χ1n) is 9.24. The standard InChI is InChI=1S/C19H32ClNO/c1-3-5-7-8-11-16-15-18(22)17-12-9-10-14-19(17,21(16)20)13-6-4-2/h4,16-17H,2-3,5-15H2,1H3/t16-,17-,19-/m0/s1. The number of unbranched alkanes of at least 4 members (excludes halogenated alkanes) is 3. The number of Topliss-reactive ketones (excluding diaryl/α,β-unsaturated/α-hetero) is 1. The van der Waals surface area contributed by atoms with Crippen LogP contribution in [0.15, 0.2) is 12.7 Å². The molecule has 1 saturated carbocycles. The van der Waals surface area contributed by atoms with Gasteiger partial charge in [0.05, 0.1) is 0 Å². The molecule has 0 bridgehead atoms. The van der Waals surface area contributed by atoms with Crippen molar-refractivity contribution >= 4 is 17.6 Å². The molecule has 3 atom stereocenters. The molecule has 1 heterocycles. The fraction of sp³-hybridized carbons (Fsp3) is 0.842. The Morgan fingerprint density at radius 2 is 2.18 bits per heavy atom. The van der Waals surface area contributed by atoms with Gasteiger partial charge in [0.1, 0.15) is 5.78 Å². The molecule has 0 unspecified atom stereocenters. The number of allylic oxidation sites excluding steroid dienone is 1. The number of fused-ring (bicyclic) bond motifs is 1. The van der Waals surface area contributed by atoms with Crippen LogP contribution in [0.2, 0.25) is 0 Å². The van der Waals surface area contributed by atoms with Crippen molar-refractivity contribution in [2.24, 2.45) is 5.92 Å². The van der Waals surface area contributed by atoms with Gasteiger partial charge in [-0.2, -0.15) is 0 Å². The van der Waals surface area contributed by atoms with Gasteiger partial charge in [0, 0.05) is 23.9 Å². The van der Waals surface area contributed by atoms with E-state index in [0.29, 0.717) is 12.2 Å². The first-order chi connectivity index (χ1) is 10.7. The van der Waals surface area contributed by atoms with Crippen molar-refractivity contribution in [3.05, 3.63) is 12.7 Å². The summed E-state index contributed by atoms with van der Waals surface area (Å²) in [6, 6.07) is 0.241. The summed E-state index contributed by atoms with van der Waals surface area (Å²) in [6.45, 7) is 6.10. The maximum absolute atomic E-state index is 12.7. The Morgan fingerprint density at radius 3 is 2.91 bits per heavy atom. The predicted molar refractivity (Wildman–Crippen MR) is 94.0 cm³/mol. The fourth-order valence-electron chi connectivity index (χ4n) is 4.54. The first kappa shape index (κ1) is 18.0. The van der Waals surface area contributed by atoms with Gasteiger partial charge in [0.15, 0.2) is 0 Å². The molecule has 0 aromatic rings. The number of ketones is 1. The third-order valence-electron chi connectivity index (χ3n) is 5.74. The van der Waals surface area contributed by atoms with E-state index in [0.717, 1.165) is 32.1 Å². The molecule has 0 spiro atoms. The average Bonchev–Trinajstić information content (AvgIpc) is 2.54. The zero-order valence-corrected chi connectivity index (χ0v) is 14.9. The summed E-state index contributed by atoms with van der Waals surface area (Å²) in [5, 5.41) is 0. The van der Waals surface area contributed by atoms with Crippen LogP contribution < -0.4 is 0 Å². The van der Waals surface area contributed by atoms with Crippen LogP contribution in [0, 0.1) is 5.92 Å². The first-order valence-corrected chi connectivity index (χ1v) is 9.58. The fourth-order valence-corrected chi connectivity index (χ4v) is 4.99. The van der Waals surface area contributed by atoms with Crippen LogP contribution in [0.1, 0.15) is 84.0 Å². The molecule has 0 amide bonds. The van der Waals surface area contributed by atoms with Gasteiger partial charge in [-0.15, -0.1) is 6.58 Å². The maximum Gasteiger partial charge on any atom is 0.139 e. The third-order valence-corrected chi connectivity index (χ3v) is 6.36. The van der Waals surface area contributed by atoms with Crippen LogP contribution in [0.4, 0.5) is 0 Å². The number of carbonyl (C=O) groups is 1. The second-order valence-electron chi connectivity index (χ2n) is 7.21. The molecule has 1 aliphatic heterocycles. The van der Waals surface area contributed by atoms with E-state index in [1.54, 1.807) is 0 Å². The van der Waals surface area contributed by atoms with Crippen LogP contribution in [0.3, 0.4) is 0 Å². The molecule has 1 aliphatic carbocycles. The summed E-state index contributed by atoms with van der Waals surface area (Å²) >= 11 is 6.87. The lowest BCUT2D eigenvalue weighted by Crippen LogP contribution is -2.61. The molecule has 2 aliphatic rings. The SMILES string of the molecule is C=CCC[C@]12CCCC[C@H]1C(=O)C[C@H](CCCCCC)N2Cl. The van der Waals surface area contributed by atoms with Crippen LogP contribution in [-0.2, 0) is 4.79 Å². The van der Waals surface area contributed by atoms with E-state index >= 15 is 0 Å². The van der Waals surface area contributed by atoms with Crippen molar-refractivity contribution in [2.45, 2.75) is 95.6 Å². The Bertz CT molecular complexity index is 384. The van der Waals surface area contributed by atoms with E-state index in [1.807, 2.05) is 6.08 Å². The minimum atomic E-state index is -0.0985. The minimum Gasteiger partial charge on any atom is -0.299 e. The number of hydrogen-bond acceptors (Lipinski definition) is 2. The second kappa shape index (κ2) is 8.49. The Labute approximate surface area is 141 Å². The lowest BCUT2D eigenvalue weighted by Gasteiger charge is -2.54. The van der Waals surface area contributed by atoms with E-state index < -0.39 is 0 Å². The predicted octanol–water partition coefficient (Wildman–Crippen LogP) is 5.65. The van der Waals surface area contributed by atoms with E-state index in [1.165, 1.54) is 38.5 Å². The largest absolute Gasteiger partial charge is 0.299 e. The summed E-state index contributed by atoms with van der Waals surface area (Å²) in [5.41, 5.74) is -0.0985. The summed E-state index contributed by atoms with van der Waals surface area (Å²) in [5.74, 6) is 0.631. The number of piperidine rings is 1. The highest BCUT2D eigenvalue weighted by molar-refractivity contribution is 6.15. The molecule has 2 nitrogen and oxygen atoms in total. The summed E-state index contributed by atoms with van der Waals surface area (Å²) in [4.78, 5) is 12.7. The molecule has 1 saturated heterocycles. The van der Waals surface area contributed by atoms with Crippen molar-refractivity contribution in [1.29, 1.82) is 0 Å². The van der Waals surface area contributed by atoms with Crippen molar-refractivity contribution in [1.82, 2.24) is 4.42 Å². The molecule has 0 aromatic carbocycles. The Morgan fingerprint density at radius 1 is 1.36 bits per heavy atom. The highest BCUT2D eigenvalue weighted by Gasteiger charge is 2.53. The molecular formula is C19H32ClNO. The minimum absolute atomic E-state index is 0.0985. The van der Waals surface area contributed by atoms with Gasteiger partial charge in [0.2, 0.25) is 0 Å². The van der Waals surface area contributed by atoms with Gasteiger partial charge in [-0.25, -0.2) is 4.42 Å². The average molecular weight is 326 g/mol. The van der Waals surface area contributed by atoms with E-state index in [2.05, 4.69) is 17.9 Å². The number of carbonyl (C=O) groups excluding carboxylic acids is 1. The van der Waals surface area contributed by atoms with E-state index in [4.69, 9.17) is 11.8 Å². The van der Waals surface area contributed by atoms with E-state index in [9.17, 15) is 4.79 Å². The number of nitrogens with zero attached hydrogens (tertiary/aromatic N) is 1. The lowest BCUT2D eigenvalue weighted by molar-refractivity contribution is -0.137. The van der Waals surface area contributed by atoms with Crippen molar-refractivity contribution in [3.63, 3.8) is 0 Å². The maximum atomic E-state index is 12.7. The van der Waals surface area contributed by atoms with Gasteiger partial charge in [0.25, 0.3) is 0 Å². The summed E-state index contributed by atoms with van der Waals surface area (Å²) < 4.78 is 2.10.